The van der Waals surface area contributed by atoms with Crippen LogP contribution in [0, 0.1) is 11.6 Å². The number of carbonyl (C=O) groups excluding carboxylic acids is 2. The molecule has 1 fully saturated rings. The quantitative estimate of drug-likeness (QED) is 0.310. The molecule has 0 aliphatic carbocycles. The second-order valence-electron chi connectivity index (χ2n) is 10.0. The van der Waals surface area contributed by atoms with Gasteiger partial charge in [0.15, 0.2) is 0 Å². The predicted molar refractivity (Wildman–Crippen MR) is 143 cm³/mol. The molecular formula is C27H32F2N6O4. The largest absolute Gasteiger partial charge is 0.395 e. The van der Waals surface area contributed by atoms with E-state index in [4.69, 9.17) is 5.11 Å². The van der Waals surface area contributed by atoms with Gasteiger partial charge in [0.1, 0.15) is 29.4 Å². The lowest BCUT2D eigenvalue weighted by Gasteiger charge is -2.21. The van der Waals surface area contributed by atoms with Crippen molar-refractivity contribution in [3.63, 3.8) is 0 Å². The van der Waals surface area contributed by atoms with Crippen LogP contribution in [0.1, 0.15) is 27.2 Å². The minimum Gasteiger partial charge on any atom is -0.395 e. The Morgan fingerprint density at radius 2 is 1.95 bits per heavy atom. The molecule has 3 aromatic rings. The van der Waals surface area contributed by atoms with Crippen molar-refractivity contribution in [3.05, 3.63) is 48.3 Å². The molecule has 0 saturated carbocycles. The maximum Gasteiger partial charge on any atom is 0.324 e. The Labute approximate surface area is 224 Å². The van der Waals surface area contributed by atoms with Crippen molar-refractivity contribution in [1.29, 1.82) is 0 Å². The van der Waals surface area contributed by atoms with Gasteiger partial charge >= 0.3 is 6.03 Å². The average molecular weight is 543 g/mol. The normalized spacial score (nSPS) is 14.7. The number of anilines is 2. The summed E-state index contributed by atoms with van der Waals surface area (Å²) in [6.07, 6.45) is 1.84. The van der Waals surface area contributed by atoms with Gasteiger partial charge in [0.25, 0.3) is 5.91 Å². The number of rotatable bonds is 10. The molecule has 4 N–H and O–H groups in total. The molecule has 3 amide bonds. The first kappa shape index (κ1) is 28.1. The zero-order chi connectivity index (χ0) is 28.3. The molecule has 1 aliphatic heterocycles. The molecule has 2 aromatic carbocycles. The number of hydrogen-bond acceptors (Lipinski definition) is 7. The summed E-state index contributed by atoms with van der Waals surface area (Å²) in [6, 6.07) is 6.27. The Morgan fingerprint density at radius 3 is 2.64 bits per heavy atom. The van der Waals surface area contributed by atoms with Gasteiger partial charge in [-0.25, -0.2) is 23.5 Å². The number of benzene rings is 2. The highest BCUT2D eigenvalue weighted by atomic mass is 19.1. The molecule has 1 aromatic heterocycles. The van der Waals surface area contributed by atoms with Gasteiger partial charge in [-0.2, -0.15) is 0 Å². The second-order valence-corrected chi connectivity index (χ2v) is 10.0. The summed E-state index contributed by atoms with van der Waals surface area (Å²) in [5.41, 5.74) is -0.225. The van der Waals surface area contributed by atoms with Crippen molar-refractivity contribution in [1.82, 2.24) is 20.2 Å². The summed E-state index contributed by atoms with van der Waals surface area (Å²) in [7, 11) is 0. The third kappa shape index (κ3) is 6.23. The maximum absolute atomic E-state index is 15.2. The van der Waals surface area contributed by atoms with Crippen LogP contribution in [0.25, 0.3) is 22.0 Å². The zero-order valence-electron chi connectivity index (χ0n) is 22.0. The van der Waals surface area contributed by atoms with Crippen LogP contribution in [0.4, 0.5) is 25.1 Å². The van der Waals surface area contributed by atoms with E-state index in [1.165, 1.54) is 54.2 Å². The molecule has 208 valence electrons. The number of urea groups is 1. The van der Waals surface area contributed by atoms with E-state index in [0.29, 0.717) is 53.9 Å². The van der Waals surface area contributed by atoms with Gasteiger partial charge in [0.05, 0.1) is 17.8 Å². The van der Waals surface area contributed by atoms with Crippen molar-refractivity contribution in [2.24, 2.45) is 0 Å². The van der Waals surface area contributed by atoms with Crippen molar-refractivity contribution in [2.75, 3.05) is 43.0 Å². The Bertz CT molecular complexity index is 1380. The molecule has 0 radical (unpaired) electrons. The molecular weight excluding hydrogens is 510 g/mol. The fraction of sp³-hybridized carbons (Fsp3) is 0.407. The zero-order valence-corrected chi connectivity index (χ0v) is 22.0. The molecule has 39 heavy (non-hydrogen) atoms. The lowest BCUT2D eigenvalue weighted by molar-refractivity contribution is -0.137. The number of carbonyl (C=O) groups is 2. The van der Waals surface area contributed by atoms with E-state index < -0.39 is 23.1 Å². The van der Waals surface area contributed by atoms with Gasteiger partial charge < -0.3 is 25.7 Å². The molecule has 12 heteroatoms. The van der Waals surface area contributed by atoms with Gasteiger partial charge in [-0.15, -0.1) is 0 Å². The summed E-state index contributed by atoms with van der Waals surface area (Å²) < 4.78 is 29.9. The minimum atomic E-state index is -1.49. The van der Waals surface area contributed by atoms with Crippen molar-refractivity contribution >= 4 is 34.3 Å². The number of aliphatic hydroxyl groups excluding tert-OH is 1. The van der Waals surface area contributed by atoms with E-state index in [1.54, 1.807) is 13.0 Å². The van der Waals surface area contributed by atoms with Crippen molar-refractivity contribution in [2.45, 2.75) is 38.8 Å². The molecule has 10 nitrogen and oxygen atoms in total. The highest BCUT2D eigenvalue weighted by molar-refractivity contribution is 6.00. The van der Waals surface area contributed by atoms with Crippen molar-refractivity contribution < 1.29 is 28.6 Å². The molecule has 4 rings (SSSR count). The molecule has 2 heterocycles. The van der Waals surface area contributed by atoms with E-state index in [9.17, 15) is 19.1 Å². The number of nitrogens with one attached hydrogen (secondary N) is 2. The number of nitrogens with zero attached hydrogens (tertiary/aromatic N) is 4. The first-order valence-corrected chi connectivity index (χ1v) is 12.7. The Balaban J connectivity index is 1.55. The van der Waals surface area contributed by atoms with E-state index in [0.717, 1.165) is 0 Å². The van der Waals surface area contributed by atoms with E-state index >= 15 is 4.39 Å². The third-order valence-corrected chi connectivity index (χ3v) is 6.52. The fourth-order valence-corrected chi connectivity index (χ4v) is 4.40. The predicted octanol–water partition coefficient (Wildman–Crippen LogP) is 2.89. The number of hydrogen-bond donors (Lipinski definition) is 4. The van der Waals surface area contributed by atoms with E-state index in [2.05, 4.69) is 20.6 Å². The van der Waals surface area contributed by atoms with Gasteiger partial charge in [-0.05, 0) is 57.0 Å². The smallest absolute Gasteiger partial charge is 0.324 e. The maximum atomic E-state index is 15.2. The fourth-order valence-electron chi connectivity index (χ4n) is 4.40. The van der Waals surface area contributed by atoms with Crippen LogP contribution in [0.5, 0.6) is 0 Å². The Kier molecular flexibility index (Phi) is 8.26. The number of amides is 3. The van der Waals surface area contributed by atoms with Crippen LogP contribution in [0.2, 0.25) is 0 Å². The first-order chi connectivity index (χ1) is 18.5. The summed E-state index contributed by atoms with van der Waals surface area (Å²) >= 11 is 0. The Morgan fingerprint density at radius 1 is 1.18 bits per heavy atom. The lowest BCUT2D eigenvalue weighted by Crippen LogP contribution is -2.46. The molecule has 0 spiro atoms. The molecule has 1 aliphatic rings. The molecule has 1 unspecified atom stereocenters. The Hall–Kier alpha value is -3.90. The highest BCUT2D eigenvalue weighted by Gasteiger charge is 2.31. The first-order valence-electron chi connectivity index (χ1n) is 12.7. The number of aromatic nitrogens is 2. The number of β-amino-alcohol motifs (C(OH)–C–C–N with tert-alkyl or cyclic N) is 1. The summed E-state index contributed by atoms with van der Waals surface area (Å²) in [5.74, 6) is -1.30. The van der Waals surface area contributed by atoms with Crippen LogP contribution in [-0.4, -0.2) is 81.4 Å². The second kappa shape index (κ2) is 11.5. The standard InChI is InChI=1S/C27H32F2N6O4/c1-16(33-25(37)27(2,3)39)6-7-30-24-20-14-18(28)13-19(23(20)31-15-32-24)17-4-5-22(21(29)12-17)35-9-8-34(10-11-36)26(35)38/h4-5,12-16,36,39H,6-11H2,1-3H3,(H,33,37)(H,30,31,32). The van der Waals surface area contributed by atoms with Crippen molar-refractivity contribution in [3.8, 4) is 11.1 Å². The number of aliphatic hydroxyl groups is 2. The van der Waals surface area contributed by atoms with Crippen LogP contribution in [-0.2, 0) is 4.79 Å². The van der Waals surface area contributed by atoms with Gasteiger partial charge in [0.2, 0.25) is 0 Å². The van der Waals surface area contributed by atoms with Crippen LogP contribution < -0.4 is 15.5 Å². The van der Waals surface area contributed by atoms with Crippen LogP contribution >= 0.6 is 0 Å². The summed E-state index contributed by atoms with van der Waals surface area (Å²) in [5, 5.41) is 25.2. The number of fused-ring (bicyclic) bond motifs is 1. The third-order valence-electron chi connectivity index (χ3n) is 6.52. The molecule has 0 bridgehead atoms. The van der Waals surface area contributed by atoms with E-state index in [1.807, 2.05) is 0 Å². The SMILES string of the molecule is CC(CCNc1ncnc2c(-c3ccc(N4CCN(CCO)C4=O)c(F)c3)cc(F)cc12)NC(=O)C(C)(C)O. The average Bonchev–Trinajstić information content (AvgIpc) is 3.23. The topological polar surface area (TPSA) is 131 Å². The summed E-state index contributed by atoms with van der Waals surface area (Å²) in [4.78, 5) is 35.8. The van der Waals surface area contributed by atoms with E-state index in [-0.39, 0.29) is 30.9 Å². The van der Waals surface area contributed by atoms with Crippen LogP contribution in [0.15, 0.2) is 36.7 Å². The highest BCUT2D eigenvalue weighted by Crippen LogP contribution is 2.34. The van der Waals surface area contributed by atoms with Gasteiger partial charge in [-0.3, -0.25) is 9.69 Å². The number of halogens is 2. The molecule has 1 saturated heterocycles. The van der Waals surface area contributed by atoms with Gasteiger partial charge in [-0.1, -0.05) is 6.07 Å². The van der Waals surface area contributed by atoms with Gasteiger partial charge in [0, 0.05) is 43.2 Å². The lowest BCUT2D eigenvalue weighted by atomic mass is 10.0. The monoisotopic (exact) mass is 542 g/mol. The molecule has 1 atom stereocenters. The van der Waals surface area contributed by atoms with Crippen LogP contribution in [0.3, 0.4) is 0 Å². The summed E-state index contributed by atoms with van der Waals surface area (Å²) in [6.45, 7) is 5.69. The minimum absolute atomic E-state index is 0.104.